The van der Waals surface area contributed by atoms with Gasteiger partial charge in [0.2, 0.25) is 0 Å². The van der Waals surface area contributed by atoms with E-state index in [1.807, 2.05) is 0 Å². The average Bonchev–Trinajstić information content (AvgIpc) is 2.71. The number of aliphatic carboxylic acids is 1. The van der Waals surface area contributed by atoms with Crippen LogP contribution in [0.2, 0.25) is 0 Å². The minimum Gasteiger partial charge on any atom is -0.480 e. The highest BCUT2D eigenvalue weighted by atomic mass is 35.5. The molecule has 1 heterocycles. The Bertz CT molecular complexity index is 371. The number of nitrogens with one attached hydrogen (secondary N) is 1. The number of carbonyl (C=O) groups excluding carboxylic acids is 1. The maximum Gasteiger partial charge on any atom is 0.408 e. The minimum absolute atomic E-state index is 0.00698. The van der Waals surface area contributed by atoms with Crippen molar-refractivity contribution >= 4 is 28.8 Å². The first-order chi connectivity index (χ1) is 8.52. The van der Waals surface area contributed by atoms with Gasteiger partial charge in [-0.1, -0.05) is 29.4 Å². The molecule has 1 aliphatic rings. The molecule has 0 aromatic heterocycles. The Labute approximate surface area is 108 Å². The van der Waals surface area contributed by atoms with Crippen LogP contribution in [0.25, 0.3) is 0 Å². The minimum atomic E-state index is -1.18. The van der Waals surface area contributed by atoms with Gasteiger partial charge in [0.1, 0.15) is 23.9 Å². The highest BCUT2D eigenvalue weighted by Crippen LogP contribution is 2.17. The molecule has 2 N–H and O–H groups in total. The highest BCUT2D eigenvalue weighted by Gasteiger charge is 2.29. The van der Waals surface area contributed by atoms with Gasteiger partial charge in [-0.3, -0.25) is 0 Å². The molecular weight excluding hydrogens is 264 g/mol. The summed E-state index contributed by atoms with van der Waals surface area (Å²) < 4.78 is 4.63. The van der Waals surface area contributed by atoms with Gasteiger partial charge in [0, 0.05) is 12.8 Å². The van der Waals surface area contributed by atoms with E-state index < -0.39 is 24.2 Å². The third-order valence-electron chi connectivity index (χ3n) is 2.12. The SMILES string of the molecule is C=CCOC(=O)N[C@H](C[C@@H]1CC(Cl)=NO1)C(=O)O. The first-order valence-corrected chi connectivity index (χ1v) is 5.56. The van der Waals surface area contributed by atoms with Crippen molar-refractivity contribution in [3.05, 3.63) is 12.7 Å². The maximum atomic E-state index is 11.2. The van der Waals surface area contributed by atoms with Crippen molar-refractivity contribution in [2.45, 2.75) is 25.0 Å². The van der Waals surface area contributed by atoms with Gasteiger partial charge in [-0.15, -0.1) is 0 Å². The van der Waals surface area contributed by atoms with Crippen molar-refractivity contribution < 1.29 is 24.3 Å². The Morgan fingerprint density at radius 3 is 3.00 bits per heavy atom. The van der Waals surface area contributed by atoms with E-state index in [1.165, 1.54) is 6.08 Å². The number of oxime groups is 1. The number of amides is 1. The predicted molar refractivity (Wildman–Crippen MR) is 63.5 cm³/mol. The first-order valence-electron chi connectivity index (χ1n) is 5.18. The molecule has 18 heavy (non-hydrogen) atoms. The van der Waals surface area contributed by atoms with Gasteiger partial charge < -0.3 is 20.0 Å². The van der Waals surface area contributed by atoms with Crippen LogP contribution in [0.3, 0.4) is 0 Å². The Morgan fingerprint density at radius 1 is 1.78 bits per heavy atom. The van der Waals surface area contributed by atoms with Crippen LogP contribution in [0.1, 0.15) is 12.8 Å². The van der Waals surface area contributed by atoms with Crippen molar-refractivity contribution in [3.8, 4) is 0 Å². The van der Waals surface area contributed by atoms with Crippen LogP contribution in [0.15, 0.2) is 17.8 Å². The molecule has 1 rings (SSSR count). The Morgan fingerprint density at radius 2 is 2.50 bits per heavy atom. The molecule has 1 amide bonds. The highest BCUT2D eigenvalue weighted by molar-refractivity contribution is 6.65. The lowest BCUT2D eigenvalue weighted by atomic mass is 10.1. The number of halogens is 1. The first kappa shape index (κ1) is 14.3. The summed E-state index contributed by atoms with van der Waals surface area (Å²) in [6, 6.07) is -1.12. The number of hydrogen-bond acceptors (Lipinski definition) is 5. The van der Waals surface area contributed by atoms with E-state index in [9.17, 15) is 9.59 Å². The molecule has 0 saturated carbocycles. The summed E-state index contributed by atoms with van der Waals surface area (Å²) in [5.74, 6) is -1.18. The predicted octanol–water partition coefficient (Wildman–Crippen LogP) is 1.08. The topological polar surface area (TPSA) is 97.2 Å². The van der Waals surface area contributed by atoms with Crippen molar-refractivity contribution in [1.82, 2.24) is 5.32 Å². The van der Waals surface area contributed by atoms with Gasteiger partial charge in [0.25, 0.3) is 0 Å². The maximum absolute atomic E-state index is 11.2. The summed E-state index contributed by atoms with van der Waals surface area (Å²) in [4.78, 5) is 27.1. The van der Waals surface area contributed by atoms with Crippen molar-refractivity contribution in [2.75, 3.05) is 6.61 Å². The molecule has 0 radical (unpaired) electrons. The van der Waals surface area contributed by atoms with Gasteiger partial charge in [-0.25, -0.2) is 9.59 Å². The standard InChI is InChI=1S/C10H13ClN2O5/c1-2-3-17-10(16)12-7(9(14)15)4-6-5-8(11)13-18-6/h2,6-7H,1,3-5H2,(H,12,16)(H,14,15)/t6-,7-/m1/s1. The van der Waals surface area contributed by atoms with Crippen LogP contribution in [0.5, 0.6) is 0 Å². The summed E-state index contributed by atoms with van der Waals surface area (Å²) in [5.41, 5.74) is 0. The molecule has 8 heteroatoms. The van der Waals surface area contributed by atoms with E-state index in [0.29, 0.717) is 6.42 Å². The van der Waals surface area contributed by atoms with Crippen LogP contribution in [0.4, 0.5) is 4.79 Å². The normalized spacial score (nSPS) is 19.4. The fourth-order valence-corrected chi connectivity index (χ4v) is 1.54. The van der Waals surface area contributed by atoms with Crippen molar-refractivity contribution in [1.29, 1.82) is 0 Å². The smallest absolute Gasteiger partial charge is 0.408 e. The number of carboxylic acids is 1. The van der Waals surface area contributed by atoms with Gasteiger partial charge >= 0.3 is 12.1 Å². The summed E-state index contributed by atoms with van der Waals surface area (Å²) in [7, 11) is 0. The second-order valence-electron chi connectivity index (χ2n) is 3.56. The van der Waals surface area contributed by atoms with Gasteiger partial charge in [-0.2, -0.15) is 0 Å². The molecule has 100 valence electrons. The monoisotopic (exact) mass is 276 g/mol. The van der Waals surface area contributed by atoms with Crippen LogP contribution >= 0.6 is 11.6 Å². The fourth-order valence-electron chi connectivity index (χ4n) is 1.32. The molecule has 0 fully saturated rings. The largest absolute Gasteiger partial charge is 0.480 e. The number of alkyl carbamates (subject to hydrolysis) is 1. The van der Waals surface area contributed by atoms with Crippen molar-refractivity contribution in [3.63, 3.8) is 0 Å². The zero-order chi connectivity index (χ0) is 13.5. The van der Waals surface area contributed by atoms with Crippen LogP contribution < -0.4 is 5.32 Å². The lowest BCUT2D eigenvalue weighted by Gasteiger charge is -2.16. The third-order valence-corrected chi connectivity index (χ3v) is 2.34. The van der Waals surface area contributed by atoms with E-state index in [4.69, 9.17) is 21.5 Å². The van der Waals surface area contributed by atoms with Crippen LogP contribution in [0, 0.1) is 0 Å². The van der Waals surface area contributed by atoms with E-state index in [-0.39, 0.29) is 18.2 Å². The third kappa shape index (κ3) is 4.62. The molecule has 0 spiro atoms. The number of hydrogen-bond donors (Lipinski definition) is 2. The molecule has 0 bridgehead atoms. The van der Waals surface area contributed by atoms with E-state index in [1.54, 1.807) is 0 Å². The Hall–Kier alpha value is -1.76. The van der Waals surface area contributed by atoms with E-state index >= 15 is 0 Å². The molecule has 7 nitrogen and oxygen atoms in total. The Kier molecular flexibility index (Phi) is 5.44. The van der Waals surface area contributed by atoms with Gasteiger partial charge in [0.15, 0.2) is 0 Å². The molecule has 1 aliphatic heterocycles. The van der Waals surface area contributed by atoms with E-state index in [2.05, 4.69) is 21.8 Å². The quantitative estimate of drug-likeness (QED) is 0.708. The van der Waals surface area contributed by atoms with E-state index in [0.717, 1.165) is 0 Å². The summed E-state index contributed by atoms with van der Waals surface area (Å²) >= 11 is 5.60. The lowest BCUT2D eigenvalue weighted by molar-refractivity contribution is -0.140. The molecule has 0 aromatic carbocycles. The van der Waals surface area contributed by atoms with Crippen molar-refractivity contribution in [2.24, 2.45) is 5.16 Å². The molecule has 0 saturated heterocycles. The average molecular weight is 277 g/mol. The molecule has 0 aromatic rings. The number of carbonyl (C=O) groups is 2. The second kappa shape index (κ2) is 6.85. The zero-order valence-electron chi connectivity index (χ0n) is 9.47. The van der Waals surface area contributed by atoms with Crippen LogP contribution in [-0.4, -0.2) is 41.1 Å². The van der Waals surface area contributed by atoms with Gasteiger partial charge in [0.05, 0.1) is 0 Å². The Balaban J connectivity index is 2.43. The number of rotatable bonds is 6. The summed E-state index contributed by atoms with van der Waals surface area (Å²) in [5, 5.41) is 14.9. The summed E-state index contributed by atoms with van der Waals surface area (Å²) in [6.07, 6.45) is 0.473. The number of carboxylic acid groups (broad SMARTS) is 1. The summed E-state index contributed by atoms with van der Waals surface area (Å²) in [6.45, 7) is 3.37. The molecule has 0 aliphatic carbocycles. The number of nitrogens with zero attached hydrogens (tertiary/aromatic N) is 1. The molecule has 2 atom stereocenters. The number of ether oxygens (including phenoxy) is 1. The molecular formula is C10H13ClN2O5. The molecule has 0 unspecified atom stereocenters. The lowest BCUT2D eigenvalue weighted by Crippen LogP contribution is -2.43. The van der Waals surface area contributed by atoms with Gasteiger partial charge in [-0.05, 0) is 0 Å². The van der Waals surface area contributed by atoms with Crippen LogP contribution in [-0.2, 0) is 14.4 Å². The second-order valence-corrected chi connectivity index (χ2v) is 3.99. The zero-order valence-corrected chi connectivity index (χ0v) is 10.2. The fraction of sp³-hybridized carbons (Fsp3) is 0.500.